The van der Waals surface area contributed by atoms with E-state index in [-0.39, 0.29) is 23.2 Å². The third-order valence-electron chi connectivity index (χ3n) is 5.97. The van der Waals surface area contributed by atoms with Gasteiger partial charge in [-0.05, 0) is 67.1 Å². The van der Waals surface area contributed by atoms with E-state index >= 15 is 0 Å². The number of urea groups is 1. The van der Waals surface area contributed by atoms with Crippen molar-refractivity contribution in [3.05, 3.63) is 52.6 Å². The molecule has 5 nitrogen and oxygen atoms in total. The van der Waals surface area contributed by atoms with Crippen molar-refractivity contribution in [3.63, 3.8) is 0 Å². The summed E-state index contributed by atoms with van der Waals surface area (Å²) in [6, 6.07) is 9.38. The van der Waals surface area contributed by atoms with Crippen molar-refractivity contribution in [2.45, 2.75) is 65.1 Å². The molecule has 0 saturated carbocycles. The first-order chi connectivity index (χ1) is 13.0. The molecule has 0 aliphatic carbocycles. The van der Waals surface area contributed by atoms with Crippen molar-refractivity contribution in [2.75, 3.05) is 4.90 Å². The zero-order valence-electron chi connectivity index (χ0n) is 17.4. The van der Waals surface area contributed by atoms with Crippen LogP contribution in [0.4, 0.5) is 10.5 Å². The van der Waals surface area contributed by atoms with E-state index in [1.807, 2.05) is 45.0 Å². The van der Waals surface area contributed by atoms with Gasteiger partial charge in [0, 0.05) is 17.7 Å². The van der Waals surface area contributed by atoms with Crippen molar-refractivity contribution < 1.29 is 14.6 Å². The summed E-state index contributed by atoms with van der Waals surface area (Å²) < 4.78 is 6.31. The Morgan fingerprint density at radius 2 is 1.89 bits per heavy atom. The van der Waals surface area contributed by atoms with Gasteiger partial charge >= 0.3 is 6.03 Å². The molecule has 148 valence electrons. The summed E-state index contributed by atoms with van der Waals surface area (Å²) in [6.07, 6.45) is 0.603. The van der Waals surface area contributed by atoms with Gasteiger partial charge in [0.15, 0.2) is 17.2 Å². The number of aryl methyl sites for hydroxylation is 2. The van der Waals surface area contributed by atoms with E-state index in [1.54, 1.807) is 11.0 Å². The Morgan fingerprint density at radius 1 is 1.18 bits per heavy atom. The minimum Gasteiger partial charge on any atom is -0.504 e. The number of aromatic hydroxyl groups is 1. The molecule has 0 radical (unpaired) electrons. The summed E-state index contributed by atoms with van der Waals surface area (Å²) in [4.78, 5) is 14.7. The minimum absolute atomic E-state index is 0.114. The summed E-state index contributed by atoms with van der Waals surface area (Å²) in [7, 11) is 0. The molecule has 2 aromatic carbocycles. The normalized spacial score (nSPS) is 23.7. The summed E-state index contributed by atoms with van der Waals surface area (Å²) in [5.74, 6) is 0.579. The molecule has 5 heteroatoms. The molecular formula is C23H28N2O3. The number of amides is 2. The van der Waals surface area contributed by atoms with Gasteiger partial charge in [0.25, 0.3) is 0 Å². The Bertz CT molecular complexity index is 977. The number of nitrogens with one attached hydrogen (secondary N) is 1. The molecule has 2 bridgehead atoms. The molecule has 1 saturated heterocycles. The van der Waals surface area contributed by atoms with Gasteiger partial charge in [0.05, 0.1) is 6.04 Å². The van der Waals surface area contributed by atoms with Gasteiger partial charge in [-0.2, -0.15) is 0 Å². The molecule has 2 N–H and O–H groups in total. The number of rotatable bonds is 1. The number of hydrogen-bond acceptors (Lipinski definition) is 3. The summed E-state index contributed by atoms with van der Waals surface area (Å²) in [6.45, 7) is 12.3. The smallest absolute Gasteiger partial charge is 0.325 e. The van der Waals surface area contributed by atoms with Crippen LogP contribution in [0.2, 0.25) is 0 Å². The second-order valence-electron chi connectivity index (χ2n) is 9.25. The van der Waals surface area contributed by atoms with Crippen LogP contribution in [0.25, 0.3) is 0 Å². The van der Waals surface area contributed by atoms with Crippen LogP contribution in [0, 0.1) is 13.8 Å². The van der Waals surface area contributed by atoms with E-state index in [9.17, 15) is 9.90 Å². The zero-order valence-corrected chi connectivity index (χ0v) is 17.4. The van der Waals surface area contributed by atoms with E-state index in [2.05, 4.69) is 26.1 Å². The Kier molecular flexibility index (Phi) is 3.93. The molecule has 4 rings (SSSR count). The summed E-state index contributed by atoms with van der Waals surface area (Å²) in [5, 5.41) is 13.8. The number of fused-ring (bicyclic) bond motifs is 4. The van der Waals surface area contributed by atoms with E-state index < -0.39 is 5.72 Å². The highest BCUT2D eigenvalue weighted by molar-refractivity contribution is 5.95. The van der Waals surface area contributed by atoms with Gasteiger partial charge in [0.2, 0.25) is 0 Å². The third kappa shape index (κ3) is 2.81. The van der Waals surface area contributed by atoms with Gasteiger partial charge in [-0.3, -0.25) is 4.90 Å². The molecule has 2 aromatic rings. The van der Waals surface area contributed by atoms with Crippen LogP contribution in [-0.4, -0.2) is 16.9 Å². The molecule has 2 heterocycles. The number of phenols is 1. The first kappa shape index (κ1) is 18.7. The number of anilines is 1. The highest BCUT2D eigenvalue weighted by Crippen LogP contribution is 2.50. The number of carbonyl (C=O) groups is 1. The lowest BCUT2D eigenvalue weighted by molar-refractivity contribution is 0.0348. The van der Waals surface area contributed by atoms with Crippen molar-refractivity contribution >= 4 is 11.7 Å². The van der Waals surface area contributed by atoms with Gasteiger partial charge in [-0.25, -0.2) is 4.79 Å². The molecule has 2 amide bonds. The van der Waals surface area contributed by atoms with Gasteiger partial charge in [-0.1, -0.05) is 26.8 Å². The Balaban J connectivity index is 1.81. The van der Waals surface area contributed by atoms with E-state index in [4.69, 9.17) is 4.74 Å². The quantitative estimate of drug-likeness (QED) is 0.725. The van der Waals surface area contributed by atoms with Gasteiger partial charge in [0.1, 0.15) is 0 Å². The number of phenolic OH excluding ortho intramolecular Hbond substituents is 1. The highest BCUT2D eigenvalue weighted by atomic mass is 16.5. The van der Waals surface area contributed by atoms with E-state index in [0.717, 1.165) is 22.4 Å². The predicted molar refractivity (Wildman–Crippen MR) is 110 cm³/mol. The maximum absolute atomic E-state index is 13.1. The average molecular weight is 380 g/mol. The Morgan fingerprint density at radius 3 is 2.54 bits per heavy atom. The monoisotopic (exact) mass is 380 g/mol. The van der Waals surface area contributed by atoms with Crippen LogP contribution < -0.4 is 15.0 Å². The van der Waals surface area contributed by atoms with Crippen LogP contribution in [0.1, 0.15) is 62.4 Å². The molecule has 2 aliphatic rings. The maximum Gasteiger partial charge on any atom is 0.325 e. The van der Waals surface area contributed by atoms with Crippen LogP contribution in [0.5, 0.6) is 11.5 Å². The Labute approximate surface area is 166 Å². The molecule has 1 fully saturated rings. The van der Waals surface area contributed by atoms with Crippen LogP contribution in [0.15, 0.2) is 30.3 Å². The predicted octanol–water partition coefficient (Wildman–Crippen LogP) is 5.08. The number of benzene rings is 2. The maximum atomic E-state index is 13.1. The Hall–Kier alpha value is -2.69. The molecule has 0 spiro atoms. The van der Waals surface area contributed by atoms with Crippen molar-refractivity contribution in [1.29, 1.82) is 0 Å². The van der Waals surface area contributed by atoms with Crippen molar-refractivity contribution in [2.24, 2.45) is 0 Å². The number of nitrogens with zero attached hydrogens (tertiary/aromatic N) is 1. The summed E-state index contributed by atoms with van der Waals surface area (Å²) >= 11 is 0. The van der Waals surface area contributed by atoms with Crippen molar-refractivity contribution in [1.82, 2.24) is 5.32 Å². The number of carbonyl (C=O) groups excluding carboxylic acids is 1. The van der Waals surface area contributed by atoms with Gasteiger partial charge in [-0.15, -0.1) is 0 Å². The standard InChI is InChI=1S/C23H28N2O3/c1-13-7-8-16(9-14(13)2)25-21(27)24-18-12-23(25,6)28-20-17(18)10-15(11-19(20)26)22(3,4)5/h7-11,18,26H,12H2,1-6H3,(H,24,27). The average Bonchev–Trinajstić information content (AvgIpc) is 2.57. The first-order valence-corrected chi connectivity index (χ1v) is 9.74. The van der Waals surface area contributed by atoms with Crippen LogP contribution >= 0.6 is 0 Å². The summed E-state index contributed by atoms with van der Waals surface area (Å²) in [5.41, 5.74) is 3.95. The lowest BCUT2D eigenvalue weighted by atomic mass is 9.82. The van der Waals surface area contributed by atoms with Crippen LogP contribution in [0.3, 0.4) is 0 Å². The fourth-order valence-corrected chi connectivity index (χ4v) is 4.14. The lowest BCUT2D eigenvalue weighted by Crippen LogP contribution is -2.65. The topological polar surface area (TPSA) is 61.8 Å². The number of ether oxygens (including phenoxy) is 1. The first-order valence-electron chi connectivity index (χ1n) is 9.74. The fourth-order valence-electron chi connectivity index (χ4n) is 4.14. The molecule has 2 atom stereocenters. The number of hydrogen-bond donors (Lipinski definition) is 2. The molecule has 0 aromatic heterocycles. The molecular weight excluding hydrogens is 352 g/mol. The second-order valence-corrected chi connectivity index (χ2v) is 9.25. The third-order valence-corrected chi connectivity index (χ3v) is 5.97. The van der Waals surface area contributed by atoms with E-state index in [1.165, 1.54) is 5.56 Å². The van der Waals surface area contributed by atoms with E-state index in [0.29, 0.717) is 12.2 Å². The lowest BCUT2D eigenvalue weighted by Gasteiger charge is -2.51. The largest absolute Gasteiger partial charge is 0.504 e. The SMILES string of the molecule is Cc1ccc(N2C(=O)NC3CC2(C)Oc2c(O)cc(C(C)(C)C)cc23)cc1C. The fraction of sp³-hybridized carbons (Fsp3) is 0.435. The highest BCUT2D eigenvalue weighted by Gasteiger charge is 2.50. The van der Waals surface area contributed by atoms with Crippen molar-refractivity contribution in [3.8, 4) is 11.5 Å². The minimum atomic E-state index is -0.873. The zero-order chi connectivity index (χ0) is 20.4. The molecule has 2 aliphatic heterocycles. The molecule has 28 heavy (non-hydrogen) atoms. The second kappa shape index (κ2) is 5.90. The van der Waals surface area contributed by atoms with Crippen LogP contribution in [-0.2, 0) is 5.41 Å². The molecule has 2 unspecified atom stereocenters. The van der Waals surface area contributed by atoms with Gasteiger partial charge < -0.3 is 15.2 Å².